The van der Waals surface area contributed by atoms with Crippen LogP contribution in [0.25, 0.3) is 0 Å². The number of amidine groups is 1. The van der Waals surface area contributed by atoms with E-state index in [2.05, 4.69) is 10.1 Å². The number of carbonyl (C=O) groups excluding carboxylic acids is 1. The van der Waals surface area contributed by atoms with Gasteiger partial charge < -0.3 is 15.7 Å². The Labute approximate surface area is 138 Å². The van der Waals surface area contributed by atoms with Crippen molar-refractivity contribution in [1.82, 2.24) is 4.98 Å². The predicted octanol–water partition coefficient (Wildman–Crippen LogP) is 1.97. The van der Waals surface area contributed by atoms with E-state index in [1.54, 1.807) is 18.5 Å². The lowest BCUT2D eigenvalue weighted by Gasteiger charge is -2.03. The molecule has 1 heterocycles. The van der Waals surface area contributed by atoms with Crippen LogP contribution in [0, 0.1) is 0 Å². The van der Waals surface area contributed by atoms with Crippen LogP contribution in [0.15, 0.2) is 53.9 Å². The summed E-state index contributed by atoms with van der Waals surface area (Å²) in [6, 6.07) is 9.69. The van der Waals surface area contributed by atoms with Crippen molar-refractivity contribution >= 4 is 17.8 Å². The Bertz CT molecular complexity index is 745. The summed E-state index contributed by atoms with van der Waals surface area (Å²) >= 11 is 0. The topological polar surface area (TPSA) is 115 Å². The second-order valence-corrected chi connectivity index (χ2v) is 5.03. The summed E-state index contributed by atoms with van der Waals surface area (Å²) in [5.74, 6) is -1.63. The van der Waals surface area contributed by atoms with Crippen LogP contribution in [-0.2, 0) is 16.1 Å². The Balaban J connectivity index is 1.84. The lowest BCUT2D eigenvalue weighted by molar-refractivity contribution is -0.143. The Kier molecular flexibility index (Phi) is 6.01. The highest BCUT2D eigenvalue weighted by atomic mass is 16.7. The lowest BCUT2D eigenvalue weighted by Crippen LogP contribution is -2.16. The molecule has 0 fully saturated rings. The van der Waals surface area contributed by atoms with Crippen molar-refractivity contribution in [2.75, 3.05) is 0 Å². The van der Waals surface area contributed by atoms with Gasteiger partial charge in [0.25, 0.3) is 0 Å². The number of benzene rings is 1. The summed E-state index contributed by atoms with van der Waals surface area (Å²) in [5, 5.41) is 12.5. The van der Waals surface area contributed by atoms with Crippen molar-refractivity contribution in [2.24, 2.45) is 10.9 Å². The highest BCUT2D eigenvalue weighted by Crippen LogP contribution is 2.07. The average Bonchev–Trinajstić information content (AvgIpc) is 2.60. The normalized spacial score (nSPS) is 11.1. The number of aromatic nitrogens is 1. The molecule has 0 radical (unpaired) electrons. The number of carbonyl (C=O) groups is 2. The molecule has 7 nitrogen and oxygen atoms in total. The van der Waals surface area contributed by atoms with E-state index >= 15 is 0 Å². The molecule has 124 valence electrons. The summed E-state index contributed by atoms with van der Waals surface area (Å²) in [4.78, 5) is 31.2. The van der Waals surface area contributed by atoms with Crippen molar-refractivity contribution < 1.29 is 19.5 Å². The van der Waals surface area contributed by atoms with Crippen LogP contribution in [0.1, 0.15) is 34.3 Å². The molecule has 0 saturated heterocycles. The summed E-state index contributed by atoms with van der Waals surface area (Å²) in [6.07, 6.45) is 4.95. The van der Waals surface area contributed by atoms with E-state index in [1.807, 2.05) is 12.1 Å². The van der Waals surface area contributed by atoms with Gasteiger partial charge >= 0.3 is 11.9 Å². The maximum Gasteiger partial charge on any atom is 0.335 e. The molecule has 1 aromatic heterocycles. The smallest absolute Gasteiger partial charge is 0.335 e. The third-order valence-corrected chi connectivity index (χ3v) is 3.25. The van der Waals surface area contributed by atoms with Crippen molar-refractivity contribution in [3.8, 4) is 0 Å². The van der Waals surface area contributed by atoms with Crippen LogP contribution in [0.2, 0.25) is 0 Å². The van der Waals surface area contributed by atoms with Gasteiger partial charge in [-0.1, -0.05) is 17.3 Å². The summed E-state index contributed by atoms with van der Waals surface area (Å²) in [5.41, 5.74) is 7.25. The minimum atomic E-state index is -1.07. The molecule has 0 atom stereocenters. The number of oxime groups is 1. The first kappa shape index (κ1) is 17.1. The van der Waals surface area contributed by atoms with E-state index in [9.17, 15) is 9.59 Å². The quantitative estimate of drug-likeness (QED) is 0.348. The van der Waals surface area contributed by atoms with Crippen LogP contribution in [0.5, 0.6) is 0 Å². The van der Waals surface area contributed by atoms with Gasteiger partial charge in [-0.2, -0.15) is 0 Å². The molecule has 0 amide bonds. The molecule has 0 aliphatic carbocycles. The maximum absolute atomic E-state index is 11.7. The van der Waals surface area contributed by atoms with Gasteiger partial charge in [-0.25, -0.2) is 9.59 Å². The van der Waals surface area contributed by atoms with Crippen LogP contribution in [0.3, 0.4) is 0 Å². The first-order valence-electron chi connectivity index (χ1n) is 7.32. The van der Waals surface area contributed by atoms with Gasteiger partial charge in [0.1, 0.15) is 0 Å². The van der Waals surface area contributed by atoms with Crippen LogP contribution in [-0.4, -0.2) is 27.9 Å². The Morgan fingerprint density at radius 3 is 2.58 bits per heavy atom. The monoisotopic (exact) mass is 327 g/mol. The summed E-state index contributed by atoms with van der Waals surface area (Å²) in [6.45, 7) is 0. The zero-order valence-corrected chi connectivity index (χ0v) is 12.9. The fraction of sp³-hybridized carbons (Fsp3) is 0.176. The Morgan fingerprint density at radius 1 is 1.17 bits per heavy atom. The van der Waals surface area contributed by atoms with E-state index < -0.39 is 11.9 Å². The number of aryl methyl sites for hydroxylation is 1. The minimum Gasteiger partial charge on any atom is -0.478 e. The number of nitrogens with two attached hydrogens (primary N) is 1. The zero-order valence-electron chi connectivity index (χ0n) is 12.9. The maximum atomic E-state index is 11.7. The molecule has 0 spiro atoms. The highest BCUT2D eigenvalue weighted by Gasteiger charge is 2.08. The van der Waals surface area contributed by atoms with E-state index in [0.29, 0.717) is 12.0 Å². The number of hydrogen-bond donors (Lipinski definition) is 2. The molecular formula is C17H17N3O4. The molecule has 24 heavy (non-hydrogen) atoms. The van der Waals surface area contributed by atoms with Crippen molar-refractivity contribution in [3.63, 3.8) is 0 Å². The number of aromatic carboxylic acids is 1. The van der Waals surface area contributed by atoms with E-state index in [1.165, 1.54) is 18.2 Å². The molecule has 0 aliphatic heterocycles. The number of nitrogens with zero attached hydrogens (tertiary/aromatic N) is 2. The number of carboxylic acid groups (broad SMARTS) is 1. The molecule has 2 aromatic rings. The van der Waals surface area contributed by atoms with Crippen molar-refractivity contribution in [2.45, 2.75) is 19.3 Å². The average molecular weight is 327 g/mol. The van der Waals surface area contributed by atoms with Crippen molar-refractivity contribution in [3.05, 3.63) is 65.5 Å². The first-order chi connectivity index (χ1) is 11.6. The van der Waals surface area contributed by atoms with E-state index in [0.717, 1.165) is 12.0 Å². The summed E-state index contributed by atoms with van der Waals surface area (Å²) in [7, 11) is 0. The Morgan fingerprint density at radius 2 is 1.88 bits per heavy atom. The van der Waals surface area contributed by atoms with Gasteiger partial charge in [-0.3, -0.25) is 4.98 Å². The zero-order chi connectivity index (χ0) is 17.4. The molecule has 0 saturated carbocycles. The number of hydrogen-bond acceptors (Lipinski definition) is 5. The van der Waals surface area contributed by atoms with Crippen LogP contribution < -0.4 is 5.73 Å². The van der Waals surface area contributed by atoms with Gasteiger partial charge in [0, 0.05) is 24.4 Å². The number of carboxylic acids is 1. The molecule has 0 aliphatic rings. The molecule has 3 N–H and O–H groups in total. The largest absolute Gasteiger partial charge is 0.478 e. The second kappa shape index (κ2) is 8.42. The van der Waals surface area contributed by atoms with Gasteiger partial charge in [-0.05, 0) is 42.7 Å². The van der Waals surface area contributed by atoms with E-state index in [-0.39, 0.29) is 17.8 Å². The fourth-order valence-corrected chi connectivity index (χ4v) is 2.00. The lowest BCUT2D eigenvalue weighted by atomic mass is 10.1. The molecule has 2 rings (SSSR count). The van der Waals surface area contributed by atoms with Crippen molar-refractivity contribution in [1.29, 1.82) is 0 Å². The van der Waals surface area contributed by atoms with Crippen LogP contribution in [0.4, 0.5) is 0 Å². The Hall–Kier alpha value is -3.22. The van der Waals surface area contributed by atoms with E-state index in [4.69, 9.17) is 15.7 Å². The van der Waals surface area contributed by atoms with Crippen LogP contribution >= 0.6 is 0 Å². The predicted molar refractivity (Wildman–Crippen MR) is 87.4 cm³/mol. The van der Waals surface area contributed by atoms with Gasteiger partial charge in [0.15, 0.2) is 5.84 Å². The molecule has 0 bridgehead atoms. The summed E-state index contributed by atoms with van der Waals surface area (Å²) < 4.78 is 0. The third-order valence-electron chi connectivity index (χ3n) is 3.25. The highest BCUT2D eigenvalue weighted by molar-refractivity contribution is 5.99. The number of pyridine rings is 1. The third kappa shape index (κ3) is 5.20. The first-order valence-corrected chi connectivity index (χ1v) is 7.32. The van der Waals surface area contributed by atoms with Gasteiger partial charge in [0.05, 0.1) is 5.56 Å². The second-order valence-electron chi connectivity index (χ2n) is 5.03. The minimum absolute atomic E-state index is 0.0550. The molecular weight excluding hydrogens is 310 g/mol. The molecule has 7 heteroatoms. The fourth-order valence-electron chi connectivity index (χ4n) is 2.00. The number of rotatable bonds is 7. The molecule has 0 unspecified atom stereocenters. The SMILES string of the molecule is N/C(=N/OC(=O)CCCc1ccncc1)c1cccc(C(=O)O)c1. The standard InChI is InChI=1S/C17H17N3O4/c18-16(13-4-2-5-14(11-13)17(22)23)20-24-15(21)6-1-3-12-7-9-19-10-8-12/h2,4-5,7-11H,1,3,6H2,(H2,18,20)(H,22,23). The van der Waals surface area contributed by atoms with Gasteiger partial charge in [0.2, 0.25) is 0 Å². The molecule has 1 aromatic carbocycles. The van der Waals surface area contributed by atoms with Gasteiger partial charge in [-0.15, -0.1) is 0 Å².